The summed E-state index contributed by atoms with van der Waals surface area (Å²) in [6, 6.07) is 110. The Labute approximate surface area is 500 Å². The minimum Gasteiger partial charge on any atom is -0.309 e. The molecule has 0 spiro atoms. The van der Waals surface area contributed by atoms with Crippen LogP contribution in [0, 0.1) is 0 Å². The van der Waals surface area contributed by atoms with Crippen molar-refractivity contribution in [2.24, 2.45) is 0 Å². The molecule has 0 bridgehead atoms. The quantitative estimate of drug-likeness (QED) is 0.145. The fourth-order valence-electron chi connectivity index (χ4n) is 14.1. The van der Waals surface area contributed by atoms with Crippen LogP contribution in [0.25, 0.3) is 179 Å². The van der Waals surface area contributed by atoms with E-state index in [4.69, 9.17) is 4.98 Å². The lowest BCUT2D eigenvalue weighted by molar-refractivity contribution is 1.18. The number of rotatable bonds is 7. The van der Waals surface area contributed by atoms with Crippen LogP contribution in [-0.2, 0) is 0 Å². The van der Waals surface area contributed by atoms with Gasteiger partial charge >= 0.3 is 0 Å². The highest BCUT2D eigenvalue weighted by Gasteiger charge is 2.19. The molecule has 0 fully saturated rings. The summed E-state index contributed by atoms with van der Waals surface area (Å²) >= 11 is 1.89. The van der Waals surface area contributed by atoms with Crippen molar-refractivity contribution in [3.05, 3.63) is 303 Å². The van der Waals surface area contributed by atoms with Gasteiger partial charge in [0.25, 0.3) is 0 Å². The molecule has 0 unspecified atom stereocenters. The van der Waals surface area contributed by atoms with E-state index in [9.17, 15) is 0 Å². The summed E-state index contributed by atoms with van der Waals surface area (Å²) in [6.07, 6.45) is 2.09. The maximum Gasteiger partial charge on any atom is 0.0708 e. The molecule has 0 atom stereocenters. The summed E-state index contributed by atoms with van der Waals surface area (Å²) in [5, 5.41) is 20.0. The van der Waals surface area contributed by atoms with E-state index in [2.05, 4.69) is 308 Å². The van der Waals surface area contributed by atoms with Crippen molar-refractivity contribution in [1.82, 2.24) is 9.55 Å². The van der Waals surface area contributed by atoms with Crippen molar-refractivity contribution < 1.29 is 0 Å². The summed E-state index contributed by atoms with van der Waals surface area (Å²) in [7, 11) is 0. The molecule has 3 heterocycles. The zero-order valence-electron chi connectivity index (χ0n) is 46.7. The largest absolute Gasteiger partial charge is 0.309 e. The molecule has 3 aromatic heterocycles. The molecule has 18 rings (SSSR count). The van der Waals surface area contributed by atoms with Gasteiger partial charge in [-0.1, -0.05) is 237 Å². The maximum absolute atomic E-state index is 5.22. The van der Waals surface area contributed by atoms with Crippen LogP contribution in [0.1, 0.15) is 0 Å². The predicted octanol–water partition coefficient (Wildman–Crippen LogP) is 23.5. The van der Waals surface area contributed by atoms with Crippen molar-refractivity contribution in [1.29, 1.82) is 0 Å². The topological polar surface area (TPSA) is 17.8 Å². The van der Waals surface area contributed by atoms with E-state index in [0.29, 0.717) is 0 Å². The Morgan fingerprint density at radius 3 is 1.23 bits per heavy atom. The lowest BCUT2D eigenvalue weighted by atomic mass is 9.91. The average molecular weight is 1110 g/mol. The molecule has 0 aliphatic heterocycles. The lowest BCUT2D eigenvalue weighted by Gasteiger charge is -2.14. The molecule has 2 nitrogen and oxygen atoms in total. The van der Waals surface area contributed by atoms with Gasteiger partial charge in [-0.05, 0) is 176 Å². The average Bonchev–Trinajstić information content (AvgIpc) is 3.48. The van der Waals surface area contributed by atoms with Crippen LogP contribution < -0.4 is 0 Å². The zero-order valence-corrected chi connectivity index (χ0v) is 47.5. The van der Waals surface area contributed by atoms with Gasteiger partial charge in [0.1, 0.15) is 0 Å². The minimum absolute atomic E-state index is 0.956. The number of hydrogen-bond donors (Lipinski definition) is 0. The van der Waals surface area contributed by atoms with Crippen LogP contribution in [0.5, 0.6) is 0 Å². The van der Waals surface area contributed by atoms with Gasteiger partial charge in [-0.3, -0.25) is 4.98 Å². The lowest BCUT2D eigenvalue weighted by Crippen LogP contribution is -1.93. The number of aromatic nitrogens is 2. The first-order chi connectivity index (χ1) is 42.6. The summed E-state index contributed by atoms with van der Waals surface area (Å²) < 4.78 is 5.06. The molecule has 86 heavy (non-hydrogen) atoms. The fourth-order valence-corrected chi connectivity index (χ4v) is 15.5. The molecule has 15 aromatic carbocycles. The van der Waals surface area contributed by atoms with Crippen LogP contribution in [0.2, 0.25) is 0 Å². The SMILES string of the molecule is c1ccc(-c2cccc3c2sc2c(-c4cccc(-c5cc6c7ccc(-c8ccc9c%10cc(-c%11cccc(-c%12ccc%13c%14ccccc%14c%14ccccc%14c%13c%12)c%11)ccc%10n(-c%10ccccc%10)c9c8)cc7c7ccccc7c6cn5)c4)cccc23)cc1. The molecule has 0 radical (unpaired) electrons. The molecule has 0 N–H and O–H groups in total. The van der Waals surface area contributed by atoms with Gasteiger partial charge in [-0.15, -0.1) is 11.3 Å². The Hall–Kier alpha value is -11.0. The first kappa shape index (κ1) is 48.6. The number of hydrogen-bond acceptors (Lipinski definition) is 2. The Morgan fingerprint density at radius 1 is 0.221 bits per heavy atom. The third-order valence-electron chi connectivity index (χ3n) is 18.2. The molecular formula is C83H50N2S. The Balaban J connectivity index is 0.730. The maximum atomic E-state index is 5.22. The number of fused-ring (bicyclic) bond motifs is 18. The van der Waals surface area contributed by atoms with Gasteiger partial charge in [0, 0.05) is 53.8 Å². The van der Waals surface area contributed by atoms with E-state index in [-0.39, 0.29) is 0 Å². The minimum atomic E-state index is 0.956. The third-order valence-corrected chi connectivity index (χ3v) is 19.5. The van der Waals surface area contributed by atoms with E-state index >= 15 is 0 Å². The van der Waals surface area contributed by atoms with E-state index in [1.165, 1.54) is 157 Å². The van der Waals surface area contributed by atoms with Crippen molar-refractivity contribution in [2.45, 2.75) is 0 Å². The van der Waals surface area contributed by atoms with Crippen LogP contribution in [0.15, 0.2) is 303 Å². The first-order valence-corrected chi connectivity index (χ1v) is 30.4. The summed E-state index contributed by atoms with van der Waals surface area (Å²) in [6.45, 7) is 0. The number of benzene rings is 15. The molecule has 3 heteroatoms. The second-order valence-electron chi connectivity index (χ2n) is 22.9. The van der Waals surface area contributed by atoms with Crippen LogP contribution in [0.4, 0.5) is 0 Å². The number of para-hydroxylation sites is 1. The summed E-state index contributed by atoms with van der Waals surface area (Å²) in [5.74, 6) is 0. The number of thiophene rings is 1. The predicted molar refractivity (Wildman–Crippen MR) is 369 cm³/mol. The molecule has 398 valence electrons. The van der Waals surface area contributed by atoms with Crippen molar-refractivity contribution >= 4 is 118 Å². The molecule has 0 saturated carbocycles. The van der Waals surface area contributed by atoms with E-state index in [1.807, 2.05) is 11.3 Å². The summed E-state index contributed by atoms with van der Waals surface area (Å²) in [5.41, 5.74) is 17.6. The highest BCUT2D eigenvalue weighted by Crippen LogP contribution is 2.46. The number of nitrogens with zero attached hydrogens (tertiary/aromatic N) is 2. The molecule has 0 amide bonds. The molecule has 18 aromatic rings. The van der Waals surface area contributed by atoms with Crippen molar-refractivity contribution in [2.75, 3.05) is 0 Å². The Kier molecular flexibility index (Phi) is 10.9. The number of pyridine rings is 1. The Morgan fingerprint density at radius 2 is 0.616 bits per heavy atom. The van der Waals surface area contributed by atoms with Crippen LogP contribution in [0.3, 0.4) is 0 Å². The van der Waals surface area contributed by atoms with Crippen LogP contribution >= 0.6 is 11.3 Å². The van der Waals surface area contributed by atoms with E-state index in [1.54, 1.807) is 0 Å². The van der Waals surface area contributed by atoms with Crippen LogP contribution in [-0.4, -0.2) is 9.55 Å². The zero-order chi connectivity index (χ0) is 56.4. The normalized spacial score (nSPS) is 12.0. The third kappa shape index (κ3) is 7.62. The Bertz CT molecular complexity index is 5800. The highest BCUT2D eigenvalue weighted by molar-refractivity contribution is 7.26. The van der Waals surface area contributed by atoms with Gasteiger partial charge in [0.05, 0.1) is 16.7 Å². The summed E-state index contributed by atoms with van der Waals surface area (Å²) in [4.78, 5) is 5.22. The second kappa shape index (κ2) is 19.3. The smallest absolute Gasteiger partial charge is 0.0708 e. The van der Waals surface area contributed by atoms with Gasteiger partial charge in [-0.25, -0.2) is 0 Å². The molecule has 0 aliphatic carbocycles. The second-order valence-corrected chi connectivity index (χ2v) is 23.9. The van der Waals surface area contributed by atoms with Gasteiger partial charge in [-0.2, -0.15) is 0 Å². The van der Waals surface area contributed by atoms with Gasteiger partial charge in [0.15, 0.2) is 0 Å². The first-order valence-electron chi connectivity index (χ1n) is 29.6. The molecular weight excluding hydrogens is 1060 g/mol. The fraction of sp³-hybridized carbons (Fsp3) is 0. The van der Waals surface area contributed by atoms with E-state index < -0.39 is 0 Å². The van der Waals surface area contributed by atoms with Crippen molar-refractivity contribution in [3.8, 4) is 72.6 Å². The molecule has 0 aliphatic rings. The van der Waals surface area contributed by atoms with Gasteiger partial charge < -0.3 is 4.57 Å². The monoisotopic (exact) mass is 1110 g/mol. The van der Waals surface area contributed by atoms with Crippen molar-refractivity contribution in [3.63, 3.8) is 0 Å². The highest BCUT2D eigenvalue weighted by atomic mass is 32.1. The van der Waals surface area contributed by atoms with E-state index in [0.717, 1.165) is 22.3 Å². The van der Waals surface area contributed by atoms with Gasteiger partial charge in [0.2, 0.25) is 0 Å². The molecule has 0 saturated heterocycles. The standard InChI is InChI=1S/C83H50N2S/c1-3-17-51(18-4-1)61-31-15-33-72-73-34-16-32-62(83(73)86-82(61)72)58-21-14-22-59(44-58)79-49-76-70-40-36-55(46-75(70)67-29-11-12-30-68(67)78(76)50-84-79)57-37-41-71-77-47-56(38-42-80(77)85(81(71)48-57)60-23-5-2-6-24-60)53-20-13-19-52(43-53)54-35-39-69-65-27-8-7-25-63(65)64-26-9-10-28-66(64)74(69)45-54/h1-50H.